The fraction of sp³-hybridized carbons (Fsp3) is 0.385. The van der Waals surface area contributed by atoms with Crippen molar-refractivity contribution in [2.75, 3.05) is 0 Å². The predicted octanol–water partition coefficient (Wildman–Crippen LogP) is 1.85. The lowest BCUT2D eigenvalue weighted by atomic mass is 10.2. The molecule has 1 aromatic carbocycles. The molecule has 2 rings (SSSR count). The Morgan fingerprint density at radius 3 is 2.44 bits per heavy atom. The van der Waals surface area contributed by atoms with Crippen LogP contribution >= 0.6 is 15.9 Å². The molecule has 0 spiro atoms. The number of benzene rings is 1. The molecule has 0 aromatic heterocycles. The van der Waals surface area contributed by atoms with E-state index in [1.807, 2.05) is 0 Å². The van der Waals surface area contributed by atoms with Crippen molar-refractivity contribution < 1.29 is 9.59 Å². The maximum Gasteiger partial charge on any atom is 0.251 e. The standard InChI is InChI=1S/C13H15BrN2O2/c1-8(12(17)16-11-6-7-11)15-13(18)9-2-4-10(14)5-3-9/h2-5,8,11H,6-7H2,1H3,(H,15,18)(H,16,17). The van der Waals surface area contributed by atoms with Gasteiger partial charge in [0.05, 0.1) is 0 Å². The molecule has 0 bridgehead atoms. The number of halogens is 1. The van der Waals surface area contributed by atoms with E-state index >= 15 is 0 Å². The van der Waals surface area contributed by atoms with Crippen molar-refractivity contribution in [3.63, 3.8) is 0 Å². The van der Waals surface area contributed by atoms with Crippen molar-refractivity contribution in [3.8, 4) is 0 Å². The SMILES string of the molecule is CC(NC(=O)c1ccc(Br)cc1)C(=O)NC1CC1. The monoisotopic (exact) mass is 310 g/mol. The van der Waals surface area contributed by atoms with Gasteiger partial charge in [0.2, 0.25) is 5.91 Å². The normalized spacial score (nSPS) is 15.9. The minimum Gasteiger partial charge on any atom is -0.352 e. The molecule has 2 N–H and O–H groups in total. The Kier molecular flexibility index (Phi) is 4.01. The maximum absolute atomic E-state index is 11.9. The fourth-order valence-corrected chi connectivity index (χ4v) is 1.76. The number of amides is 2. The van der Waals surface area contributed by atoms with E-state index in [0.717, 1.165) is 17.3 Å². The Labute approximate surface area is 114 Å². The molecule has 0 heterocycles. The van der Waals surface area contributed by atoms with Gasteiger partial charge in [0.15, 0.2) is 0 Å². The molecule has 5 heteroatoms. The van der Waals surface area contributed by atoms with E-state index in [1.165, 1.54) is 0 Å². The van der Waals surface area contributed by atoms with Crippen LogP contribution in [0.3, 0.4) is 0 Å². The van der Waals surface area contributed by atoms with Gasteiger partial charge in [-0.2, -0.15) is 0 Å². The number of carbonyl (C=O) groups excluding carboxylic acids is 2. The molecular weight excluding hydrogens is 296 g/mol. The quantitative estimate of drug-likeness (QED) is 0.891. The number of carbonyl (C=O) groups is 2. The average molecular weight is 311 g/mol. The number of hydrogen-bond donors (Lipinski definition) is 2. The van der Waals surface area contributed by atoms with Crippen molar-refractivity contribution in [1.82, 2.24) is 10.6 Å². The Morgan fingerprint density at radius 2 is 1.89 bits per heavy atom. The van der Waals surface area contributed by atoms with Gasteiger partial charge in [-0.1, -0.05) is 15.9 Å². The highest BCUT2D eigenvalue weighted by atomic mass is 79.9. The van der Waals surface area contributed by atoms with Crippen molar-refractivity contribution in [2.45, 2.75) is 31.8 Å². The van der Waals surface area contributed by atoms with Gasteiger partial charge >= 0.3 is 0 Å². The third-order valence-electron chi connectivity index (χ3n) is 2.77. The van der Waals surface area contributed by atoms with E-state index < -0.39 is 6.04 Å². The molecule has 1 aromatic rings. The molecule has 1 aliphatic carbocycles. The highest BCUT2D eigenvalue weighted by Crippen LogP contribution is 2.18. The van der Waals surface area contributed by atoms with Gasteiger partial charge in [0.25, 0.3) is 5.91 Å². The Balaban J connectivity index is 1.89. The maximum atomic E-state index is 11.9. The smallest absolute Gasteiger partial charge is 0.251 e. The van der Waals surface area contributed by atoms with Crippen LogP contribution < -0.4 is 10.6 Å². The first-order valence-electron chi connectivity index (χ1n) is 5.93. The topological polar surface area (TPSA) is 58.2 Å². The number of rotatable bonds is 4. The largest absolute Gasteiger partial charge is 0.352 e. The molecule has 18 heavy (non-hydrogen) atoms. The van der Waals surface area contributed by atoms with Gasteiger partial charge in [-0.25, -0.2) is 0 Å². The van der Waals surface area contributed by atoms with E-state index in [0.29, 0.717) is 11.6 Å². The molecule has 2 amide bonds. The molecule has 4 nitrogen and oxygen atoms in total. The highest BCUT2D eigenvalue weighted by molar-refractivity contribution is 9.10. The lowest BCUT2D eigenvalue weighted by molar-refractivity contribution is -0.122. The lowest BCUT2D eigenvalue weighted by Gasteiger charge is -2.13. The second kappa shape index (κ2) is 5.52. The van der Waals surface area contributed by atoms with Gasteiger partial charge in [-0.15, -0.1) is 0 Å². The van der Waals surface area contributed by atoms with Gasteiger partial charge in [-0.3, -0.25) is 9.59 Å². The summed E-state index contributed by atoms with van der Waals surface area (Å²) in [5.74, 6) is -0.357. The van der Waals surface area contributed by atoms with Crippen LogP contribution in [-0.2, 0) is 4.79 Å². The summed E-state index contributed by atoms with van der Waals surface area (Å²) in [6.45, 7) is 1.69. The van der Waals surface area contributed by atoms with Crippen molar-refractivity contribution >= 4 is 27.7 Å². The highest BCUT2D eigenvalue weighted by Gasteiger charge is 2.26. The predicted molar refractivity (Wildman–Crippen MR) is 72.2 cm³/mol. The van der Waals surface area contributed by atoms with Crippen LogP contribution in [0.4, 0.5) is 0 Å². The second-order valence-corrected chi connectivity index (χ2v) is 5.40. The summed E-state index contributed by atoms with van der Waals surface area (Å²) >= 11 is 3.31. The number of nitrogens with one attached hydrogen (secondary N) is 2. The van der Waals surface area contributed by atoms with Crippen molar-refractivity contribution in [2.24, 2.45) is 0 Å². The van der Waals surface area contributed by atoms with Gasteiger partial charge in [0, 0.05) is 16.1 Å². The van der Waals surface area contributed by atoms with Crippen LogP contribution in [0.2, 0.25) is 0 Å². The zero-order valence-electron chi connectivity index (χ0n) is 10.1. The molecule has 1 aliphatic rings. The van der Waals surface area contributed by atoms with E-state index in [2.05, 4.69) is 26.6 Å². The summed E-state index contributed by atoms with van der Waals surface area (Å²) in [6.07, 6.45) is 2.08. The Morgan fingerprint density at radius 1 is 1.28 bits per heavy atom. The minimum atomic E-state index is -0.512. The van der Waals surface area contributed by atoms with Crippen molar-refractivity contribution in [1.29, 1.82) is 0 Å². The summed E-state index contributed by atoms with van der Waals surface area (Å²) in [7, 11) is 0. The first kappa shape index (κ1) is 13.1. The summed E-state index contributed by atoms with van der Waals surface area (Å²) in [4.78, 5) is 23.5. The molecule has 1 fully saturated rings. The van der Waals surface area contributed by atoms with Crippen LogP contribution in [-0.4, -0.2) is 23.9 Å². The van der Waals surface area contributed by atoms with Crippen molar-refractivity contribution in [3.05, 3.63) is 34.3 Å². The summed E-state index contributed by atoms with van der Waals surface area (Å²) in [5.41, 5.74) is 0.546. The molecule has 0 radical (unpaired) electrons. The summed E-state index contributed by atoms with van der Waals surface area (Å²) in [5, 5.41) is 5.54. The summed E-state index contributed by atoms with van der Waals surface area (Å²) < 4.78 is 0.915. The molecule has 1 unspecified atom stereocenters. The fourth-order valence-electron chi connectivity index (χ4n) is 1.50. The Hall–Kier alpha value is -1.36. The van der Waals surface area contributed by atoms with E-state index in [1.54, 1.807) is 31.2 Å². The summed E-state index contributed by atoms with van der Waals surface area (Å²) in [6, 6.07) is 6.81. The molecule has 1 saturated carbocycles. The third-order valence-corrected chi connectivity index (χ3v) is 3.30. The minimum absolute atomic E-state index is 0.122. The van der Waals surface area contributed by atoms with Gasteiger partial charge in [-0.05, 0) is 44.0 Å². The zero-order valence-corrected chi connectivity index (χ0v) is 11.7. The second-order valence-electron chi connectivity index (χ2n) is 4.48. The molecular formula is C13H15BrN2O2. The van der Waals surface area contributed by atoms with Gasteiger partial charge < -0.3 is 10.6 Å². The molecule has 1 atom stereocenters. The number of hydrogen-bond acceptors (Lipinski definition) is 2. The zero-order chi connectivity index (χ0) is 13.1. The first-order valence-corrected chi connectivity index (χ1v) is 6.72. The molecule has 96 valence electrons. The van der Waals surface area contributed by atoms with Crippen LogP contribution in [0.5, 0.6) is 0 Å². The van der Waals surface area contributed by atoms with Crippen LogP contribution in [0.15, 0.2) is 28.7 Å². The Bertz CT molecular complexity index is 455. The lowest BCUT2D eigenvalue weighted by Crippen LogP contribution is -2.45. The van der Waals surface area contributed by atoms with Crippen LogP contribution in [0.1, 0.15) is 30.1 Å². The van der Waals surface area contributed by atoms with E-state index in [-0.39, 0.29) is 11.8 Å². The molecule has 0 aliphatic heterocycles. The van der Waals surface area contributed by atoms with E-state index in [9.17, 15) is 9.59 Å². The van der Waals surface area contributed by atoms with Crippen LogP contribution in [0.25, 0.3) is 0 Å². The van der Waals surface area contributed by atoms with Crippen LogP contribution in [0, 0.1) is 0 Å². The van der Waals surface area contributed by atoms with Gasteiger partial charge in [0.1, 0.15) is 6.04 Å². The average Bonchev–Trinajstić information content (AvgIpc) is 3.13. The molecule has 0 saturated heterocycles. The van der Waals surface area contributed by atoms with E-state index in [4.69, 9.17) is 0 Å². The first-order chi connectivity index (χ1) is 8.56. The third kappa shape index (κ3) is 3.57.